The van der Waals surface area contributed by atoms with Crippen LogP contribution < -0.4 is 0 Å². The van der Waals surface area contributed by atoms with Crippen molar-refractivity contribution >= 4 is 95.3 Å². The molecule has 13 rings (SSSR count). The average Bonchev–Trinajstić information content (AvgIpc) is 3.92. The lowest BCUT2D eigenvalue weighted by molar-refractivity contribution is 0.660. The molecule has 12 aromatic rings. The smallest absolute Gasteiger partial charge is 0.0440 e. The zero-order valence-electron chi connectivity index (χ0n) is 32.6. The van der Waals surface area contributed by atoms with E-state index in [1.54, 1.807) is 0 Å². The largest absolute Gasteiger partial charge is 0.135 e. The number of thiophene rings is 2. The summed E-state index contributed by atoms with van der Waals surface area (Å²) in [4.78, 5) is 0. The van der Waals surface area contributed by atoms with Gasteiger partial charge in [-0.3, -0.25) is 0 Å². The molecule has 0 bridgehead atoms. The second-order valence-electron chi connectivity index (χ2n) is 16.7. The fourth-order valence-electron chi connectivity index (χ4n) is 10.6. The van der Waals surface area contributed by atoms with E-state index in [0.29, 0.717) is 0 Å². The number of fused-ring (bicyclic) bond motifs is 13. The monoisotopic (exact) mass is 784 g/mol. The highest BCUT2D eigenvalue weighted by atomic mass is 32.1. The maximum absolute atomic E-state index is 2.48. The molecule has 0 nitrogen and oxygen atoms in total. The highest BCUT2D eigenvalue weighted by molar-refractivity contribution is 7.28. The summed E-state index contributed by atoms with van der Waals surface area (Å²) >= 11 is 3.84. The Morgan fingerprint density at radius 3 is 1.56 bits per heavy atom. The SMILES string of the molecule is CC1(C)c2ccccc2-c2ccc(-c3c4ccccc4c(-c4ccc(-c5c6ccccc6cc6c5sc5ccc7sc8ccccc8c7c56)cc4)c4ccccc34)cc21. The fraction of sp³-hybridized carbons (Fsp3) is 0.0526. The summed E-state index contributed by atoms with van der Waals surface area (Å²) in [7, 11) is 0. The third-order valence-electron chi connectivity index (χ3n) is 13.3. The van der Waals surface area contributed by atoms with Crippen LogP contribution in [0, 0.1) is 0 Å². The molecule has 2 aromatic heterocycles. The second kappa shape index (κ2) is 12.2. The van der Waals surface area contributed by atoms with Crippen molar-refractivity contribution in [2.24, 2.45) is 0 Å². The van der Waals surface area contributed by atoms with Gasteiger partial charge in [-0.25, -0.2) is 0 Å². The molecule has 2 heterocycles. The Hall–Kier alpha value is -6.58. The van der Waals surface area contributed by atoms with E-state index in [4.69, 9.17) is 0 Å². The summed E-state index contributed by atoms with van der Waals surface area (Å²) in [6.45, 7) is 4.75. The van der Waals surface area contributed by atoms with Crippen molar-refractivity contribution in [3.05, 3.63) is 193 Å². The summed E-state index contributed by atoms with van der Waals surface area (Å²) < 4.78 is 5.41. The Bertz CT molecular complexity index is 3690. The standard InChI is InChI=1S/C57H36S2/c1-57(2)46-21-11-9-15-38(46)39-28-27-36(32-47(39)57)52-42-18-7-5-16-40(42)51(41-17-6-8-19-43(41)52)33-23-25-34(26-24-33)53-37-14-4-3-13-35(37)31-45-55-50(59-56(45)53)30-29-49-54(55)44-20-10-12-22-48(44)58-49/h3-32H,1-2H3. The predicted octanol–water partition coefficient (Wildman–Crippen LogP) is 17.2. The van der Waals surface area contributed by atoms with Crippen LogP contribution in [0.15, 0.2) is 182 Å². The van der Waals surface area contributed by atoms with Gasteiger partial charge >= 0.3 is 0 Å². The van der Waals surface area contributed by atoms with Crippen molar-refractivity contribution in [3.8, 4) is 44.5 Å². The fourth-order valence-corrected chi connectivity index (χ4v) is 13.0. The molecule has 0 unspecified atom stereocenters. The highest BCUT2D eigenvalue weighted by Crippen LogP contribution is 2.52. The van der Waals surface area contributed by atoms with Gasteiger partial charge in [0.15, 0.2) is 0 Å². The van der Waals surface area contributed by atoms with Crippen LogP contribution in [0.2, 0.25) is 0 Å². The van der Waals surface area contributed by atoms with Crippen molar-refractivity contribution in [2.45, 2.75) is 19.3 Å². The third-order valence-corrected chi connectivity index (χ3v) is 15.6. The van der Waals surface area contributed by atoms with Gasteiger partial charge in [0.1, 0.15) is 0 Å². The molecule has 0 amide bonds. The zero-order chi connectivity index (χ0) is 39.0. The lowest BCUT2D eigenvalue weighted by atomic mass is 9.80. The Morgan fingerprint density at radius 1 is 0.339 bits per heavy atom. The molecule has 59 heavy (non-hydrogen) atoms. The van der Waals surface area contributed by atoms with Crippen LogP contribution in [-0.2, 0) is 5.41 Å². The van der Waals surface area contributed by atoms with E-state index in [9.17, 15) is 0 Å². The molecule has 276 valence electrons. The Kier molecular flexibility index (Phi) is 6.92. The summed E-state index contributed by atoms with van der Waals surface area (Å²) in [6.07, 6.45) is 0. The molecule has 0 spiro atoms. The molecular formula is C57H36S2. The van der Waals surface area contributed by atoms with E-state index in [1.807, 2.05) is 22.7 Å². The predicted molar refractivity (Wildman–Crippen MR) is 259 cm³/mol. The lowest BCUT2D eigenvalue weighted by Crippen LogP contribution is -2.14. The van der Waals surface area contributed by atoms with Crippen LogP contribution in [0.1, 0.15) is 25.0 Å². The van der Waals surface area contributed by atoms with Crippen LogP contribution in [0.5, 0.6) is 0 Å². The number of benzene rings is 10. The quantitative estimate of drug-likeness (QED) is 0.157. The molecule has 1 aliphatic carbocycles. The summed E-state index contributed by atoms with van der Waals surface area (Å²) in [5.41, 5.74) is 13.1. The Labute approximate surface area is 350 Å². The first kappa shape index (κ1) is 33.4. The van der Waals surface area contributed by atoms with Gasteiger partial charge < -0.3 is 0 Å². The Balaban J connectivity index is 1.01. The third kappa shape index (κ3) is 4.65. The Morgan fingerprint density at radius 2 is 0.847 bits per heavy atom. The second-order valence-corrected chi connectivity index (χ2v) is 18.8. The van der Waals surface area contributed by atoms with Gasteiger partial charge in [-0.2, -0.15) is 0 Å². The van der Waals surface area contributed by atoms with Gasteiger partial charge in [0.05, 0.1) is 0 Å². The summed E-state index contributed by atoms with van der Waals surface area (Å²) in [5, 5.41) is 13.2. The minimum Gasteiger partial charge on any atom is -0.135 e. The van der Waals surface area contributed by atoms with Crippen LogP contribution in [0.4, 0.5) is 0 Å². The zero-order valence-corrected chi connectivity index (χ0v) is 34.3. The van der Waals surface area contributed by atoms with Crippen molar-refractivity contribution in [3.63, 3.8) is 0 Å². The van der Waals surface area contributed by atoms with Gasteiger partial charge in [0, 0.05) is 51.3 Å². The van der Waals surface area contributed by atoms with Crippen LogP contribution in [-0.4, -0.2) is 0 Å². The maximum Gasteiger partial charge on any atom is 0.0440 e. The number of rotatable bonds is 3. The molecule has 0 atom stereocenters. The van der Waals surface area contributed by atoms with Crippen LogP contribution in [0.3, 0.4) is 0 Å². The van der Waals surface area contributed by atoms with E-state index < -0.39 is 0 Å². The first-order valence-electron chi connectivity index (χ1n) is 20.5. The molecule has 10 aromatic carbocycles. The van der Waals surface area contributed by atoms with E-state index in [0.717, 1.165) is 0 Å². The topological polar surface area (TPSA) is 0 Å². The number of hydrogen-bond acceptors (Lipinski definition) is 2. The van der Waals surface area contributed by atoms with E-state index in [-0.39, 0.29) is 5.41 Å². The van der Waals surface area contributed by atoms with Gasteiger partial charge in [0.25, 0.3) is 0 Å². The van der Waals surface area contributed by atoms with Gasteiger partial charge in [-0.1, -0.05) is 166 Å². The van der Waals surface area contributed by atoms with Crippen molar-refractivity contribution in [1.29, 1.82) is 0 Å². The molecule has 0 fully saturated rings. The normalized spacial score (nSPS) is 13.4. The first-order valence-corrected chi connectivity index (χ1v) is 22.1. The van der Waals surface area contributed by atoms with Crippen molar-refractivity contribution in [1.82, 2.24) is 0 Å². The van der Waals surface area contributed by atoms with Crippen molar-refractivity contribution in [2.75, 3.05) is 0 Å². The summed E-state index contributed by atoms with van der Waals surface area (Å²) in [5.74, 6) is 0. The minimum absolute atomic E-state index is 0.0642. The molecule has 0 saturated carbocycles. The highest BCUT2D eigenvalue weighted by Gasteiger charge is 2.35. The van der Waals surface area contributed by atoms with Crippen LogP contribution >= 0.6 is 22.7 Å². The minimum atomic E-state index is -0.0642. The molecule has 2 heteroatoms. The molecule has 0 radical (unpaired) electrons. The van der Waals surface area contributed by atoms with Gasteiger partial charge in [-0.15, -0.1) is 22.7 Å². The summed E-state index contributed by atoms with van der Waals surface area (Å²) in [6, 6.07) is 68.6. The van der Waals surface area contributed by atoms with Crippen molar-refractivity contribution < 1.29 is 0 Å². The molecule has 0 N–H and O–H groups in total. The van der Waals surface area contributed by atoms with Crippen LogP contribution in [0.25, 0.3) is 117 Å². The van der Waals surface area contributed by atoms with E-state index in [1.165, 1.54) is 128 Å². The lowest BCUT2D eigenvalue weighted by Gasteiger charge is -2.23. The van der Waals surface area contributed by atoms with E-state index in [2.05, 4.69) is 196 Å². The number of hydrogen-bond donors (Lipinski definition) is 0. The van der Waals surface area contributed by atoms with E-state index >= 15 is 0 Å². The maximum atomic E-state index is 2.48. The first-order chi connectivity index (χ1) is 29.0. The van der Waals surface area contributed by atoms with Gasteiger partial charge in [0.2, 0.25) is 0 Å². The molecule has 0 aliphatic heterocycles. The van der Waals surface area contributed by atoms with Gasteiger partial charge in [-0.05, 0) is 113 Å². The molecular weight excluding hydrogens is 749 g/mol. The molecule has 0 saturated heterocycles. The molecule has 1 aliphatic rings. The average molecular weight is 785 g/mol.